The normalized spacial score (nSPS) is 16.4. The number of aryl methyl sites for hydroxylation is 2. The summed E-state index contributed by atoms with van der Waals surface area (Å²) in [6.45, 7) is 3.06. The first-order valence-electron chi connectivity index (χ1n) is 11.7. The molecule has 1 aromatic carbocycles. The topological polar surface area (TPSA) is 74.2 Å². The van der Waals surface area contributed by atoms with E-state index in [1.807, 2.05) is 45.9 Å². The molecule has 4 heterocycles. The van der Waals surface area contributed by atoms with Gasteiger partial charge in [-0.1, -0.05) is 18.2 Å². The maximum atomic E-state index is 13.1. The second-order valence-corrected chi connectivity index (χ2v) is 9.04. The minimum Gasteiger partial charge on any atom is -0.361 e. The van der Waals surface area contributed by atoms with Gasteiger partial charge in [-0.2, -0.15) is 5.10 Å². The van der Waals surface area contributed by atoms with E-state index in [-0.39, 0.29) is 11.8 Å². The largest absolute Gasteiger partial charge is 0.361 e. The molecule has 0 saturated carbocycles. The van der Waals surface area contributed by atoms with Gasteiger partial charge in [0, 0.05) is 80.8 Å². The van der Waals surface area contributed by atoms with Crippen LogP contribution >= 0.6 is 0 Å². The van der Waals surface area contributed by atoms with E-state index >= 15 is 0 Å². The lowest BCUT2D eigenvalue weighted by Crippen LogP contribution is -2.37. The van der Waals surface area contributed by atoms with Crippen molar-refractivity contribution in [3.05, 3.63) is 53.0 Å². The van der Waals surface area contributed by atoms with E-state index in [4.69, 9.17) is 5.10 Å². The first kappa shape index (κ1) is 20.8. The van der Waals surface area contributed by atoms with Crippen molar-refractivity contribution in [3.8, 4) is 0 Å². The van der Waals surface area contributed by atoms with Crippen molar-refractivity contribution in [2.75, 3.05) is 19.6 Å². The van der Waals surface area contributed by atoms with Gasteiger partial charge in [0.15, 0.2) is 0 Å². The highest BCUT2D eigenvalue weighted by Crippen LogP contribution is 2.25. The molecule has 2 aromatic heterocycles. The summed E-state index contributed by atoms with van der Waals surface area (Å²) in [6.07, 6.45) is 7.71. The minimum absolute atomic E-state index is 0.139. The molecule has 168 valence electrons. The van der Waals surface area contributed by atoms with Gasteiger partial charge in [-0.25, -0.2) is 0 Å². The molecular formula is C25H31N5O2. The number of aromatic amines is 1. The third kappa shape index (κ3) is 4.04. The van der Waals surface area contributed by atoms with Crippen molar-refractivity contribution < 1.29 is 9.59 Å². The van der Waals surface area contributed by atoms with Gasteiger partial charge in [0.05, 0.1) is 12.1 Å². The highest BCUT2D eigenvalue weighted by atomic mass is 16.2. The maximum Gasteiger partial charge on any atom is 0.227 e. The minimum atomic E-state index is 0.139. The lowest BCUT2D eigenvalue weighted by atomic mass is 10.0. The zero-order chi connectivity index (χ0) is 22.1. The number of piperidine rings is 1. The Labute approximate surface area is 188 Å². The summed E-state index contributed by atoms with van der Waals surface area (Å²) < 4.78 is 1.94. The fourth-order valence-electron chi connectivity index (χ4n) is 5.16. The van der Waals surface area contributed by atoms with Gasteiger partial charge < -0.3 is 14.8 Å². The molecule has 32 heavy (non-hydrogen) atoms. The van der Waals surface area contributed by atoms with Crippen molar-refractivity contribution in [2.24, 2.45) is 7.05 Å². The summed E-state index contributed by atoms with van der Waals surface area (Å²) >= 11 is 0. The number of carbonyl (C=O) groups is 2. The first-order chi connectivity index (χ1) is 15.6. The number of para-hydroxylation sites is 1. The van der Waals surface area contributed by atoms with Crippen molar-refractivity contribution >= 4 is 22.7 Å². The van der Waals surface area contributed by atoms with Crippen LogP contribution < -0.4 is 0 Å². The molecule has 0 bridgehead atoms. The van der Waals surface area contributed by atoms with Crippen molar-refractivity contribution in [2.45, 2.75) is 51.5 Å². The number of H-pyrrole nitrogens is 1. The predicted octanol–water partition coefficient (Wildman–Crippen LogP) is 2.97. The number of hydrogen-bond donors (Lipinski definition) is 1. The Kier molecular flexibility index (Phi) is 5.72. The van der Waals surface area contributed by atoms with Crippen LogP contribution in [-0.2, 0) is 42.4 Å². The molecule has 3 aromatic rings. The van der Waals surface area contributed by atoms with E-state index in [2.05, 4.69) is 11.1 Å². The number of aromatic nitrogens is 3. The lowest BCUT2D eigenvalue weighted by Gasteiger charge is -2.28. The summed E-state index contributed by atoms with van der Waals surface area (Å²) in [5.74, 6) is 0.367. The average Bonchev–Trinajstić information content (AvgIpc) is 3.38. The highest BCUT2D eigenvalue weighted by Gasteiger charge is 2.27. The van der Waals surface area contributed by atoms with Gasteiger partial charge in [-0.3, -0.25) is 14.3 Å². The Balaban J connectivity index is 1.26. The van der Waals surface area contributed by atoms with Crippen molar-refractivity contribution in [3.63, 3.8) is 0 Å². The number of hydrogen-bond acceptors (Lipinski definition) is 3. The summed E-state index contributed by atoms with van der Waals surface area (Å²) in [5.41, 5.74) is 5.40. The number of amides is 2. The van der Waals surface area contributed by atoms with E-state index in [0.29, 0.717) is 32.4 Å². The van der Waals surface area contributed by atoms with E-state index in [0.717, 1.165) is 60.1 Å². The Morgan fingerprint density at radius 3 is 2.69 bits per heavy atom. The highest BCUT2D eigenvalue weighted by molar-refractivity contribution is 5.89. The monoisotopic (exact) mass is 433 g/mol. The Morgan fingerprint density at radius 1 is 1.03 bits per heavy atom. The fraction of sp³-hybridized carbons (Fsp3) is 0.480. The predicted molar refractivity (Wildman–Crippen MR) is 123 cm³/mol. The molecule has 1 saturated heterocycles. The molecule has 7 heteroatoms. The van der Waals surface area contributed by atoms with Crippen LogP contribution in [0.15, 0.2) is 30.5 Å². The van der Waals surface area contributed by atoms with E-state index < -0.39 is 0 Å². The van der Waals surface area contributed by atoms with E-state index in [1.54, 1.807) is 0 Å². The molecule has 2 amide bonds. The van der Waals surface area contributed by atoms with Crippen LogP contribution in [-0.4, -0.2) is 56.0 Å². The number of carbonyl (C=O) groups excluding carboxylic acids is 2. The van der Waals surface area contributed by atoms with Gasteiger partial charge in [-0.15, -0.1) is 0 Å². The smallest absolute Gasteiger partial charge is 0.227 e. The van der Waals surface area contributed by atoms with Gasteiger partial charge in [0.1, 0.15) is 0 Å². The summed E-state index contributed by atoms with van der Waals surface area (Å²) in [4.78, 5) is 33.0. The lowest BCUT2D eigenvalue weighted by molar-refractivity contribution is -0.132. The summed E-state index contributed by atoms with van der Waals surface area (Å²) in [5, 5.41) is 5.83. The summed E-state index contributed by atoms with van der Waals surface area (Å²) in [7, 11) is 1.97. The Morgan fingerprint density at radius 2 is 1.84 bits per heavy atom. The second-order valence-electron chi connectivity index (χ2n) is 9.04. The van der Waals surface area contributed by atoms with Crippen LogP contribution in [0.2, 0.25) is 0 Å². The van der Waals surface area contributed by atoms with Gasteiger partial charge >= 0.3 is 0 Å². The molecule has 7 nitrogen and oxygen atoms in total. The number of rotatable bonds is 5. The standard InChI is InChI=1S/C25H31N5O2/c1-28-23-11-14-30(25(32)15-18-16-26-21-8-4-3-7-19(18)21)17-20(23)22(27-28)9-10-24(31)29-12-5-2-6-13-29/h3-4,7-8,16,26H,2,5-6,9-15,17H2,1H3. The van der Waals surface area contributed by atoms with Crippen LogP contribution in [0.25, 0.3) is 10.9 Å². The van der Waals surface area contributed by atoms with Gasteiger partial charge in [0.25, 0.3) is 0 Å². The van der Waals surface area contributed by atoms with Crippen LogP contribution in [0.1, 0.15) is 48.2 Å². The molecule has 0 atom stereocenters. The number of likely N-dealkylation sites (tertiary alicyclic amines) is 1. The average molecular weight is 434 g/mol. The van der Waals surface area contributed by atoms with Crippen molar-refractivity contribution in [1.82, 2.24) is 24.6 Å². The zero-order valence-corrected chi connectivity index (χ0v) is 18.8. The molecule has 0 unspecified atom stereocenters. The molecule has 2 aliphatic rings. The van der Waals surface area contributed by atoms with Crippen LogP contribution in [0, 0.1) is 0 Å². The third-order valence-electron chi connectivity index (χ3n) is 6.98. The summed E-state index contributed by atoms with van der Waals surface area (Å²) in [6, 6.07) is 8.09. The number of nitrogens with one attached hydrogen (secondary N) is 1. The first-order valence-corrected chi connectivity index (χ1v) is 11.7. The van der Waals surface area contributed by atoms with Crippen LogP contribution in [0.5, 0.6) is 0 Å². The third-order valence-corrected chi connectivity index (χ3v) is 6.98. The molecular weight excluding hydrogens is 402 g/mol. The molecule has 2 aliphatic heterocycles. The molecule has 0 spiro atoms. The molecule has 5 rings (SSSR count). The quantitative estimate of drug-likeness (QED) is 0.672. The Hall–Kier alpha value is -3.09. The molecule has 1 fully saturated rings. The molecule has 0 aliphatic carbocycles. The number of benzene rings is 1. The van der Waals surface area contributed by atoms with Crippen LogP contribution in [0.3, 0.4) is 0 Å². The number of fused-ring (bicyclic) bond motifs is 2. The number of nitrogens with zero attached hydrogens (tertiary/aromatic N) is 4. The SMILES string of the molecule is Cn1nc(CCC(=O)N2CCCCC2)c2c1CCN(C(=O)Cc1c[nH]c3ccccc13)C2. The van der Waals surface area contributed by atoms with Crippen molar-refractivity contribution in [1.29, 1.82) is 0 Å². The zero-order valence-electron chi connectivity index (χ0n) is 18.8. The van der Waals surface area contributed by atoms with E-state index in [1.165, 1.54) is 12.1 Å². The van der Waals surface area contributed by atoms with Crippen LogP contribution in [0.4, 0.5) is 0 Å². The van der Waals surface area contributed by atoms with E-state index in [9.17, 15) is 9.59 Å². The second kappa shape index (κ2) is 8.81. The molecule has 0 radical (unpaired) electrons. The maximum absolute atomic E-state index is 13.1. The van der Waals surface area contributed by atoms with Gasteiger partial charge in [-0.05, 0) is 30.9 Å². The van der Waals surface area contributed by atoms with Gasteiger partial charge in [0.2, 0.25) is 11.8 Å². The fourth-order valence-corrected chi connectivity index (χ4v) is 5.16. The Bertz CT molecular complexity index is 1140. The molecule has 1 N–H and O–H groups in total.